The summed E-state index contributed by atoms with van der Waals surface area (Å²) in [5, 5.41) is 6.12. The van der Waals surface area contributed by atoms with Crippen molar-refractivity contribution in [2.75, 3.05) is 57.1 Å². The summed E-state index contributed by atoms with van der Waals surface area (Å²) in [7, 11) is 0. The molecular formula is C23H28N6O4. The van der Waals surface area contributed by atoms with Gasteiger partial charge in [-0.05, 0) is 31.2 Å². The van der Waals surface area contributed by atoms with E-state index >= 15 is 0 Å². The number of amides is 1. The van der Waals surface area contributed by atoms with Gasteiger partial charge in [-0.1, -0.05) is 0 Å². The molecule has 0 bridgehead atoms. The molecule has 1 saturated heterocycles. The van der Waals surface area contributed by atoms with Crippen LogP contribution in [0.3, 0.4) is 0 Å². The minimum Gasteiger partial charge on any atom is -0.477 e. The molecule has 3 aromatic rings. The van der Waals surface area contributed by atoms with E-state index < -0.39 is 0 Å². The Balaban J connectivity index is 1.44. The number of benzene rings is 1. The molecule has 10 heteroatoms. The maximum atomic E-state index is 12.8. The number of rotatable bonds is 9. The highest BCUT2D eigenvalue weighted by Gasteiger charge is 2.20. The van der Waals surface area contributed by atoms with Crippen molar-refractivity contribution in [3.8, 4) is 17.2 Å². The van der Waals surface area contributed by atoms with Gasteiger partial charge in [-0.3, -0.25) is 9.69 Å². The van der Waals surface area contributed by atoms with Crippen LogP contribution in [-0.2, 0) is 4.74 Å². The van der Waals surface area contributed by atoms with Gasteiger partial charge in [0.15, 0.2) is 12.2 Å². The topological polar surface area (TPSA) is 128 Å². The molecule has 10 nitrogen and oxygen atoms in total. The molecule has 1 aliphatic rings. The number of nitrogens with two attached hydrogens (primary N) is 1. The van der Waals surface area contributed by atoms with Gasteiger partial charge in [0.25, 0.3) is 5.91 Å². The van der Waals surface area contributed by atoms with Crippen molar-refractivity contribution in [1.82, 2.24) is 20.2 Å². The fourth-order valence-corrected chi connectivity index (χ4v) is 3.54. The average Bonchev–Trinajstić information content (AvgIpc) is 3.35. The highest BCUT2D eigenvalue weighted by Crippen LogP contribution is 2.28. The van der Waals surface area contributed by atoms with Crippen molar-refractivity contribution < 1.29 is 18.7 Å². The number of ether oxygens (including phenoxy) is 2. The molecule has 0 spiro atoms. The number of pyridine rings is 1. The van der Waals surface area contributed by atoms with E-state index in [0.717, 1.165) is 44.1 Å². The number of nitrogens with zero attached hydrogens (tertiary/aromatic N) is 3. The lowest BCUT2D eigenvalue weighted by molar-refractivity contribution is 0.0383. The maximum Gasteiger partial charge on any atom is 0.258 e. The average molecular weight is 453 g/mol. The van der Waals surface area contributed by atoms with Gasteiger partial charge in [0.1, 0.15) is 11.4 Å². The van der Waals surface area contributed by atoms with E-state index in [4.69, 9.17) is 19.6 Å². The van der Waals surface area contributed by atoms with Crippen molar-refractivity contribution >= 4 is 23.1 Å². The van der Waals surface area contributed by atoms with Crippen molar-refractivity contribution in [1.29, 1.82) is 0 Å². The Morgan fingerprint density at radius 1 is 1.24 bits per heavy atom. The zero-order chi connectivity index (χ0) is 23.0. The van der Waals surface area contributed by atoms with Crippen molar-refractivity contribution in [2.45, 2.75) is 6.92 Å². The standard InChI is InChI=1S/C23H28N6O4/c1-2-32-23-21(22(30)26-7-8-29-9-11-31-12-10-29)18(24)13-20(28-23)27-17-5-3-16(4-6-17)19-14-25-15-33-19/h3-6,13-15H,2,7-12H2,1H3,(H,26,30)(H3,24,27,28). The Morgan fingerprint density at radius 3 is 2.73 bits per heavy atom. The summed E-state index contributed by atoms with van der Waals surface area (Å²) in [5.74, 6) is 1.06. The molecule has 1 amide bonds. The van der Waals surface area contributed by atoms with Crippen LogP contribution in [0.2, 0.25) is 0 Å². The zero-order valence-corrected chi connectivity index (χ0v) is 18.5. The van der Waals surface area contributed by atoms with E-state index in [-0.39, 0.29) is 23.0 Å². The summed E-state index contributed by atoms with van der Waals surface area (Å²) in [6.07, 6.45) is 3.05. The van der Waals surface area contributed by atoms with Gasteiger partial charge in [-0.15, -0.1) is 0 Å². The van der Waals surface area contributed by atoms with Crippen LogP contribution in [0.1, 0.15) is 17.3 Å². The number of carbonyl (C=O) groups excluding carboxylic acids is 1. The summed E-state index contributed by atoms with van der Waals surface area (Å²) >= 11 is 0. The Hall–Kier alpha value is -3.63. The van der Waals surface area contributed by atoms with E-state index in [1.54, 1.807) is 12.3 Å². The monoisotopic (exact) mass is 452 g/mol. The van der Waals surface area contributed by atoms with Crippen LogP contribution in [0.4, 0.5) is 17.2 Å². The van der Waals surface area contributed by atoms with Gasteiger partial charge in [-0.25, -0.2) is 4.98 Å². The molecule has 0 aliphatic carbocycles. The number of nitrogen functional groups attached to an aromatic ring is 1. The molecule has 1 aliphatic heterocycles. The molecule has 4 rings (SSSR count). The van der Waals surface area contributed by atoms with Crippen LogP contribution >= 0.6 is 0 Å². The number of hydrogen-bond acceptors (Lipinski definition) is 9. The SMILES string of the molecule is CCOc1nc(Nc2ccc(-c3cnco3)cc2)cc(N)c1C(=O)NCCN1CCOCC1. The lowest BCUT2D eigenvalue weighted by Crippen LogP contribution is -2.41. The van der Waals surface area contributed by atoms with E-state index in [1.807, 2.05) is 31.2 Å². The molecule has 0 saturated carbocycles. The molecule has 1 aromatic carbocycles. The first-order valence-electron chi connectivity index (χ1n) is 10.9. The molecule has 0 unspecified atom stereocenters. The van der Waals surface area contributed by atoms with Crippen LogP contribution in [0.5, 0.6) is 5.88 Å². The van der Waals surface area contributed by atoms with Crippen LogP contribution < -0.4 is 21.1 Å². The van der Waals surface area contributed by atoms with E-state index in [0.29, 0.717) is 24.7 Å². The number of nitrogens with one attached hydrogen (secondary N) is 2. The first kappa shape index (κ1) is 22.6. The maximum absolute atomic E-state index is 12.8. The summed E-state index contributed by atoms with van der Waals surface area (Å²) in [6.45, 7) is 6.60. The third-order valence-electron chi connectivity index (χ3n) is 5.22. The van der Waals surface area contributed by atoms with Gasteiger partial charge in [0, 0.05) is 43.5 Å². The van der Waals surface area contributed by atoms with Gasteiger partial charge >= 0.3 is 0 Å². The minimum absolute atomic E-state index is 0.196. The van der Waals surface area contributed by atoms with Gasteiger partial charge in [-0.2, -0.15) is 4.98 Å². The lowest BCUT2D eigenvalue weighted by atomic mass is 10.1. The Bertz CT molecular complexity index is 1050. The van der Waals surface area contributed by atoms with E-state index in [2.05, 4.69) is 25.5 Å². The first-order chi connectivity index (χ1) is 16.1. The van der Waals surface area contributed by atoms with Crippen molar-refractivity contribution in [3.63, 3.8) is 0 Å². The largest absolute Gasteiger partial charge is 0.477 e. The number of oxazole rings is 1. The fraction of sp³-hybridized carbons (Fsp3) is 0.348. The molecule has 174 valence electrons. The molecule has 33 heavy (non-hydrogen) atoms. The second-order valence-corrected chi connectivity index (χ2v) is 7.49. The van der Waals surface area contributed by atoms with Crippen LogP contribution in [-0.4, -0.2) is 66.8 Å². The predicted octanol–water partition coefficient (Wildman–Crippen LogP) is 2.52. The van der Waals surface area contributed by atoms with Crippen LogP contribution in [0.25, 0.3) is 11.3 Å². The molecule has 0 radical (unpaired) electrons. The second-order valence-electron chi connectivity index (χ2n) is 7.49. The molecule has 4 N–H and O–H groups in total. The molecule has 0 atom stereocenters. The zero-order valence-electron chi connectivity index (χ0n) is 18.5. The minimum atomic E-state index is -0.306. The number of carbonyl (C=O) groups is 1. The highest BCUT2D eigenvalue weighted by molar-refractivity contribution is 6.01. The smallest absolute Gasteiger partial charge is 0.258 e. The number of aromatic nitrogens is 2. The highest BCUT2D eigenvalue weighted by atomic mass is 16.5. The molecule has 3 heterocycles. The Labute approximate surface area is 192 Å². The van der Waals surface area contributed by atoms with E-state index in [1.165, 1.54) is 6.39 Å². The second kappa shape index (κ2) is 10.8. The third kappa shape index (κ3) is 5.79. The summed E-state index contributed by atoms with van der Waals surface area (Å²) in [6, 6.07) is 9.23. The predicted molar refractivity (Wildman–Crippen MR) is 125 cm³/mol. The van der Waals surface area contributed by atoms with Crippen molar-refractivity contribution in [3.05, 3.63) is 48.5 Å². The number of hydrogen-bond donors (Lipinski definition) is 3. The molecule has 2 aromatic heterocycles. The molecular weight excluding hydrogens is 424 g/mol. The Kier molecular flexibility index (Phi) is 7.38. The number of anilines is 3. The first-order valence-corrected chi connectivity index (χ1v) is 10.9. The summed E-state index contributed by atoms with van der Waals surface area (Å²) in [5.41, 5.74) is 8.48. The number of morpholine rings is 1. The van der Waals surface area contributed by atoms with Crippen molar-refractivity contribution in [2.24, 2.45) is 0 Å². The van der Waals surface area contributed by atoms with Gasteiger partial charge < -0.3 is 30.3 Å². The van der Waals surface area contributed by atoms with Crippen LogP contribution in [0, 0.1) is 0 Å². The fourth-order valence-electron chi connectivity index (χ4n) is 3.54. The van der Waals surface area contributed by atoms with Gasteiger partial charge in [0.05, 0.1) is 31.7 Å². The summed E-state index contributed by atoms with van der Waals surface area (Å²) < 4.78 is 16.3. The van der Waals surface area contributed by atoms with E-state index in [9.17, 15) is 4.79 Å². The molecule has 1 fully saturated rings. The van der Waals surface area contributed by atoms with Gasteiger partial charge in [0.2, 0.25) is 5.88 Å². The van der Waals surface area contributed by atoms with Crippen LogP contribution in [0.15, 0.2) is 47.3 Å². The third-order valence-corrected chi connectivity index (χ3v) is 5.22. The Morgan fingerprint density at radius 2 is 2.03 bits per heavy atom. The summed E-state index contributed by atoms with van der Waals surface area (Å²) in [4.78, 5) is 23.5. The lowest BCUT2D eigenvalue weighted by Gasteiger charge is -2.26. The quantitative estimate of drug-likeness (QED) is 0.449. The normalized spacial score (nSPS) is 14.1.